The van der Waals surface area contributed by atoms with E-state index in [-0.39, 0.29) is 29.5 Å². The van der Waals surface area contributed by atoms with E-state index in [0.717, 1.165) is 38.0 Å². The maximum atomic E-state index is 12.8. The summed E-state index contributed by atoms with van der Waals surface area (Å²) in [5.74, 6) is 0.358. The van der Waals surface area contributed by atoms with E-state index in [0.29, 0.717) is 32.5 Å². The van der Waals surface area contributed by atoms with Crippen LogP contribution in [0.2, 0.25) is 0 Å². The molecule has 2 saturated heterocycles. The molecule has 0 unspecified atom stereocenters. The van der Waals surface area contributed by atoms with Gasteiger partial charge >= 0.3 is 0 Å². The molecule has 29 heavy (non-hydrogen) atoms. The summed E-state index contributed by atoms with van der Waals surface area (Å²) in [6.07, 6.45) is 3.80. The molecule has 162 valence electrons. The van der Waals surface area contributed by atoms with Gasteiger partial charge in [-0.05, 0) is 38.0 Å². The average molecular weight is 407 g/mol. The Kier molecular flexibility index (Phi) is 6.95. The molecule has 0 spiro atoms. The van der Waals surface area contributed by atoms with E-state index in [1.165, 1.54) is 0 Å². The van der Waals surface area contributed by atoms with Gasteiger partial charge in [0.05, 0.1) is 11.3 Å². The van der Waals surface area contributed by atoms with E-state index in [9.17, 15) is 14.7 Å². The first kappa shape index (κ1) is 21.8. The van der Waals surface area contributed by atoms with Gasteiger partial charge in [0.1, 0.15) is 0 Å². The van der Waals surface area contributed by atoms with Crippen molar-refractivity contribution in [1.82, 2.24) is 20.3 Å². The van der Waals surface area contributed by atoms with Crippen molar-refractivity contribution in [3.8, 4) is 0 Å². The van der Waals surface area contributed by atoms with Gasteiger partial charge < -0.3 is 24.7 Å². The average Bonchev–Trinajstić information content (AvgIpc) is 3.08. The van der Waals surface area contributed by atoms with E-state index >= 15 is 0 Å². The SMILES string of the molecule is CC(=O)NC1CCN(C[C@@]2(O)CCCN(C(=O)c3cc(C(C)C)no3)CC2)CC1. The minimum absolute atomic E-state index is 0.0166. The van der Waals surface area contributed by atoms with Crippen molar-refractivity contribution in [2.45, 2.75) is 70.4 Å². The van der Waals surface area contributed by atoms with Crippen LogP contribution in [0.1, 0.15) is 75.0 Å². The maximum Gasteiger partial charge on any atom is 0.292 e. The fraction of sp³-hybridized carbons (Fsp3) is 0.762. The smallest absolute Gasteiger partial charge is 0.292 e. The zero-order chi connectivity index (χ0) is 21.0. The van der Waals surface area contributed by atoms with E-state index < -0.39 is 5.60 Å². The highest BCUT2D eigenvalue weighted by Crippen LogP contribution is 2.26. The van der Waals surface area contributed by atoms with E-state index in [2.05, 4.69) is 15.4 Å². The number of β-amino-alcohol motifs (C(OH)–C–C–N with tert-alkyl or cyclic N) is 1. The molecule has 2 aliphatic rings. The molecule has 8 heteroatoms. The quantitative estimate of drug-likeness (QED) is 0.773. The summed E-state index contributed by atoms with van der Waals surface area (Å²) >= 11 is 0. The molecule has 0 aliphatic carbocycles. The second kappa shape index (κ2) is 9.26. The third kappa shape index (κ3) is 5.79. The summed E-state index contributed by atoms with van der Waals surface area (Å²) in [7, 11) is 0. The summed E-state index contributed by atoms with van der Waals surface area (Å²) in [6, 6.07) is 1.96. The highest BCUT2D eigenvalue weighted by molar-refractivity contribution is 5.91. The number of rotatable bonds is 5. The highest BCUT2D eigenvalue weighted by Gasteiger charge is 2.35. The largest absolute Gasteiger partial charge is 0.388 e. The highest BCUT2D eigenvalue weighted by atomic mass is 16.5. The van der Waals surface area contributed by atoms with Gasteiger partial charge in [0.15, 0.2) is 0 Å². The number of hydrogen-bond acceptors (Lipinski definition) is 6. The number of likely N-dealkylation sites (tertiary alicyclic amines) is 2. The summed E-state index contributed by atoms with van der Waals surface area (Å²) in [6.45, 7) is 9.04. The van der Waals surface area contributed by atoms with Gasteiger partial charge in [-0.25, -0.2) is 0 Å². The fourth-order valence-corrected chi connectivity index (χ4v) is 4.30. The van der Waals surface area contributed by atoms with Crippen molar-refractivity contribution in [3.63, 3.8) is 0 Å². The summed E-state index contributed by atoms with van der Waals surface area (Å²) < 4.78 is 5.25. The molecular formula is C21H34N4O4. The minimum Gasteiger partial charge on any atom is -0.388 e. The number of hydrogen-bond donors (Lipinski definition) is 2. The number of piperidine rings is 1. The van der Waals surface area contributed by atoms with Crippen LogP contribution in [0.5, 0.6) is 0 Å². The summed E-state index contributed by atoms with van der Waals surface area (Å²) in [5, 5.41) is 18.1. The van der Waals surface area contributed by atoms with Gasteiger partial charge in [0, 0.05) is 51.8 Å². The molecule has 0 radical (unpaired) electrons. The van der Waals surface area contributed by atoms with Gasteiger partial charge in [-0.15, -0.1) is 0 Å². The van der Waals surface area contributed by atoms with Crippen molar-refractivity contribution in [2.75, 3.05) is 32.7 Å². The van der Waals surface area contributed by atoms with E-state index in [1.54, 1.807) is 17.9 Å². The zero-order valence-corrected chi connectivity index (χ0v) is 17.8. The number of carbonyl (C=O) groups excluding carboxylic acids is 2. The van der Waals surface area contributed by atoms with Crippen molar-refractivity contribution >= 4 is 11.8 Å². The molecule has 0 aromatic carbocycles. The third-order valence-electron chi connectivity index (χ3n) is 6.05. The Balaban J connectivity index is 1.52. The molecule has 2 amide bonds. The lowest BCUT2D eigenvalue weighted by molar-refractivity contribution is -0.120. The van der Waals surface area contributed by atoms with Crippen LogP contribution in [0.15, 0.2) is 10.6 Å². The van der Waals surface area contributed by atoms with Crippen molar-refractivity contribution in [3.05, 3.63) is 17.5 Å². The van der Waals surface area contributed by atoms with Gasteiger partial charge in [0.2, 0.25) is 11.7 Å². The maximum absolute atomic E-state index is 12.8. The Morgan fingerprint density at radius 2 is 2.00 bits per heavy atom. The van der Waals surface area contributed by atoms with Crippen LogP contribution in [-0.2, 0) is 4.79 Å². The van der Waals surface area contributed by atoms with Crippen LogP contribution in [-0.4, -0.2) is 76.2 Å². The van der Waals surface area contributed by atoms with Crippen LogP contribution in [0.3, 0.4) is 0 Å². The number of amides is 2. The topological polar surface area (TPSA) is 98.9 Å². The molecule has 0 bridgehead atoms. The molecule has 8 nitrogen and oxygen atoms in total. The van der Waals surface area contributed by atoms with Crippen LogP contribution in [0.25, 0.3) is 0 Å². The van der Waals surface area contributed by atoms with E-state index in [1.807, 2.05) is 13.8 Å². The van der Waals surface area contributed by atoms with Gasteiger partial charge in [-0.3, -0.25) is 9.59 Å². The molecule has 3 heterocycles. The first-order valence-electron chi connectivity index (χ1n) is 10.7. The second-order valence-corrected chi connectivity index (χ2v) is 8.89. The first-order valence-corrected chi connectivity index (χ1v) is 10.7. The Morgan fingerprint density at radius 1 is 1.28 bits per heavy atom. The Hall–Kier alpha value is -1.93. The first-order chi connectivity index (χ1) is 13.8. The van der Waals surface area contributed by atoms with Gasteiger partial charge in [0.25, 0.3) is 5.91 Å². The number of aliphatic hydroxyl groups is 1. The minimum atomic E-state index is -0.791. The van der Waals surface area contributed by atoms with Crippen LogP contribution in [0.4, 0.5) is 0 Å². The molecule has 2 fully saturated rings. The monoisotopic (exact) mass is 406 g/mol. The number of nitrogens with zero attached hydrogens (tertiary/aromatic N) is 3. The normalized spacial score (nSPS) is 24.5. The lowest BCUT2D eigenvalue weighted by atomic mass is 9.93. The van der Waals surface area contributed by atoms with Gasteiger partial charge in [-0.2, -0.15) is 0 Å². The number of carbonyl (C=O) groups is 2. The van der Waals surface area contributed by atoms with Crippen molar-refractivity contribution in [1.29, 1.82) is 0 Å². The summed E-state index contributed by atoms with van der Waals surface area (Å²) in [4.78, 5) is 28.0. The molecule has 1 atom stereocenters. The Labute approximate surface area is 172 Å². The van der Waals surface area contributed by atoms with Crippen LogP contribution < -0.4 is 5.32 Å². The number of nitrogens with one attached hydrogen (secondary N) is 1. The van der Waals surface area contributed by atoms with Crippen LogP contribution in [0, 0.1) is 0 Å². The Bertz CT molecular complexity index is 711. The molecule has 3 rings (SSSR count). The zero-order valence-electron chi connectivity index (χ0n) is 17.8. The molecule has 0 saturated carbocycles. The Morgan fingerprint density at radius 3 is 2.62 bits per heavy atom. The lowest BCUT2D eigenvalue weighted by Crippen LogP contribution is -2.50. The number of aromatic nitrogens is 1. The fourth-order valence-electron chi connectivity index (χ4n) is 4.30. The van der Waals surface area contributed by atoms with Gasteiger partial charge in [-0.1, -0.05) is 19.0 Å². The van der Waals surface area contributed by atoms with Crippen LogP contribution >= 0.6 is 0 Å². The summed E-state index contributed by atoms with van der Waals surface area (Å²) in [5.41, 5.74) is -0.0113. The van der Waals surface area contributed by atoms with Crippen molar-refractivity contribution < 1.29 is 19.2 Å². The standard InChI is InChI=1S/C21H34N4O4/c1-15(2)18-13-19(29-23-18)20(27)25-9-4-7-21(28,8-12-25)14-24-10-5-17(6-11-24)22-16(3)26/h13,15,17,28H,4-12,14H2,1-3H3,(H,22,26)/t21-/m1/s1. The second-order valence-electron chi connectivity index (χ2n) is 8.89. The molecule has 1 aromatic rings. The molecular weight excluding hydrogens is 372 g/mol. The third-order valence-corrected chi connectivity index (χ3v) is 6.05. The predicted molar refractivity (Wildman–Crippen MR) is 109 cm³/mol. The van der Waals surface area contributed by atoms with E-state index in [4.69, 9.17) is 4.52 Å². The molecule has 1 aromatic heterocycles. The lowest BCUT2D eigenvalue weighted by Gasteiger charge is -2.38. The predicted octanol–water partition coefficient (Wildman–Crippen LogP) is 1.76. The molecule has 2 aliphatic heterocycles. The van der Waals surface area contributed by atoms with Crippen molar-refractivity contribution in [2.24, 2.45) is 0 Å². The molecule has 2 N–H and O–H groups in total.